The minimum Gasteiger partial charge on any atom is -0.468 e. The molecule has 0 fully saturated rings. The van der Waals surface area contributed by atoms with Gasteiger partial charge in [0, 0.05) is 5.92 Å². The first kappa shape index (κ1) is 11.5. The van der Waals surface area contributed by atoms with Gasteiger partial charge in [0.2, 0.25) is 0 Å². The number of furan rings is 1. The highest BCUT2D eigenvalue weighted by atomic mass is 16.3. The zero-order chi connectivity index (χ0) is 12.4. The van der Waals surface area contributed by atoms with Crippen LogP contribution in [-0.4, -0.2) is 6.54 Å². The van der Waals surface area contributed by atoms with Crippen molar-refractivity contribution >= 4 is 0 Å². The van der Waals surface area contributed by atoms with E-state index in [0.29, 0.717) is 12.0 Å². The van der Waals surface area contributed by atoms with Crippen molar-refractivity contribution in [3.8, 4) is 0 Å². The Labute approximate surface area is 108 Å². The summed E-state index contributed by atoms with van der Waals surface area (Å²) in [5.41, 5.74) is 2.98. The molecular formula is C16H19NO. The van der Waals surface area contributed by atoms with E-state index in [-0.39, 0.29) is 0 Å². The molecule has 0 saturated carbocycles. The molecule has 0 bridgehead atoms. The Morgan fingerprint density at radius 1 is 1.28 bits per heavy atom. The molecule has 2 nitrogen and oxygen atoms in total. The van der Waals surface area contributed by atoms with Gasteiger partial charge >= 0.3 is 0 Å². The number of rotatable bonds is 4. The number of hydrogen-bond acceptors (Lipinski definition) is 2. The molecule has 0 saturated heterocycles. The molecule has 3 rings (SSSR count). The molecule has 1 aliphatic carbocycles. The Balaban J connectivity index is 1.93. The van der Waals surface area contributed by atoms with Crippen molar-refractivity contribution < 1.29 is 4.42 Å². The Bertz CT molecular complexity index is 502. The number of benzene rings is 1. The van der Waals surface area contributed by atoms with E-state index in [0.717, 1.165) is 12.3 Å². The fourth-order valence-electron chi connectivity index (χ4n) is 3.07. The van der Waals surface area contributed by atoms with Crippen LogP contribution in [0.4, 0.5) is 0 Å². The SMILES string of the molecule is CCNC(c1ccco1)C1CCc2ccccc21. The predicted octanol–water partition coefficient (Wildman–Crippen LogP) is 3.66. The van der Waals surface area contributed by atoms with Crippen LogP contribution in [0.3, 0.4) is 0 Å². The Hall–Kier alpha value is -1.54. The van der Waals surface area contributed by atoms with E-state index in [1.54, 1.807) is 6.26 Å². The predicted molar refractivity (Wildman–Crippen MR) is 72.6 cm³/mol. The van der Waals surface area contributed by atoms with Gasteiger partial charge in [0.15, 0.2) is 0 Å². The van der Waals surface area contributed by atoms with Gasteiger partial charge in [-0.1, -0.05) is 31.2 Å². The number of hydrogen-bond donors (Lipinski definition) is 1. The molecule has 0 spiro atoms. The molecule has 0 aliphatic heterocycles. The summed E-state index contributed by atoms with van der Waals surface area (Å²) >= 11 is 0. The largest absolute Gasteiger partial charge is 0.468 e. The van der Waals surface area contributed by atoms with E-state index >= 15 is 0 Å². The van der Waals surface area contributed by atoms with Gasteiger partial charge in [-0.2, -0.15) is 0 Å². The average molecular weight is 241 g/mol. The van der Waals surface area contributed by atoms with Crippen LogP contribution in [0.15, 0.2) is 47.1 Å². The van der Waals surface area contributed by atoms with Crippen molar-refractivity contribution in [2.24, 2.45) is 0 Å². The topological polar surface area (TPSA) is 25.2 Å². The van der Waals surface area contributed by atoms with Gasteiger partial charge in [-0.05, 0) is 42.6 Å². The number of fused-ring (bicyclic) bond motifs is 1. The molecule has 0 radical (unpaired) electrons. The fraction of sp³-hybridized carbons (Fsp3) is 0.375. The van der Waals surface area contributed by atoms with Crippen LogP contribution in [0.1, 0.15) is 42.2 Å². The first-order chi connectivity index (χ1) is 8.90. The highest BCUT2D eigenvalue weighted by Gasteiger charge is 2.31. The quantitative estimate of drug-likeness (QED) is 0.883. The lowest BCUT2D eigenvalue weighted by Gasteiger charge is -2.23. The summed E-state index contributed by atoms with van der Waals surface area (Å²) in [6.07, 6.45) is 4.15. The highest BCUT2D eigenvalue weighted by Crippen LogP contribution is 2.41. The second kappa shape index (κ2) is 4.99. The first-order valence-electron chi connectivity index (χ1n) is 6.74. The molecular weight excluding hydrogens is 222 g/mol. The maximum atomic E-state index is 5.61. The minimum atomic E-state index is 0.300. The molecule has 2 heteroatoms. The van der Waals surface area contributed by atoms with Gasteiger partial charge in [-0.15, -0.1) is 0 Å². The van der Waals surface area contributed by atoms with Crippen molar-refractivity contribution in [2.45, 2.75) is 31.7 Å². The van der Waals surface area contributed by atoms with Crippen LogP contribution >= 0.6 is 0 Å². The van der Waals surface area contributed by atoms with Gasteiger partial charge in [0.05, 0.1) is 12.3 Å². The van der Waals surface area contributed by atoms with Gasteiger partial charge in [0.25, 0.3) is 0 Å². The van der Waals surface area contributed by atoms with Crippen LogP contribution in [0.2, 0.25) is 0 Å². The lowest BCUT2D eigenvalue weighted by atomic mass is 9.91. The van der Waals surface area contributed by atoms with E-state index in [1.165, 1.54) is 24.0 Å². The van der Waals surface area contributed by atoms with Crippen molar-refractivity contribution in [1.29, 1.82) is 0 Å². The van der Waals surface area contributed by atoms with E-state index < -0.39 is 0 Å². The van der Waals surface area contributed by atoms with Crippen LogP contribution in [0.25, 0.3) is 0 Å². The van der Waals surface area contributed by atoms with Gasteiger partial charge < -0.3 is 9.73 Å². The number of aryl methyl sites for hydroxylation is 1. The van der Waals surface area contributed by atoms with Gasteiger partial charge in [0.1, 0.15) is 5.76 Å². The number of likely N-dealkylation sites (N-methyl/N-ethyl adjacent to an activating group) is 1. The fourth-order valence-corrected chi connectivity index (χ4v) is 3.07. The summed E-state index contributed by atoms with van der Waals surface area (Å²) in [5.74, 6) is 1.59. The third kappa shape index (κ3) is 1.97. The third-order valence-electron chi connectivity index (χ3n) is 3.86. The normalized spacial score (nSPS) is 19.7. The lowest BCUT2D eigenvalue weighted by molar-refractivity contribution is 0.369. The summed E-state index contributed by atoms with van der Waals surface area (Å²) in [6, 6.07) is 13.1. The van der Waals surface area contributed by atoms with Crippen molar-refractivity contribution in [1.82, 2.24) is 5.32 Å². The summed E-state index contributed by atoms with van der Waals surface area (Å²) in [7, 11) is 0. The van der Waals surface area contributed by atoms with E-state index in [1.807, 2.05) is 6.07 Å². The third-order valence-corrected chi connectivity index (χ3v) is 3.86. The second-order valence-electron chi connectivity index (χ2n) is 4.89. The molecule has 1 aromatic heterocycles. The van der Waals surface area contributed by atoms with E-state index in [9.17, 15) is 0 Å². The Morgan fingerprint density at radius 3 is 2.94 bits per heavy atom. The summed E-state index contributed by atoms with van der Waals surface area (Å²) in [4.78, 5) is 0. The van der Waals surface area contributed by atoms with Crippen molar-refractivity contribution in [2.75, 3.05) is 6.54 Å². The zero-order valence-corrected chi connectivity index (χ0v) is 10.7. The monoisotopic (exact) mass is 241 g/mol. The molecule has 1 aliphatic rings. The van der Waals surface area contributed by atoms with E-state index in [4.69, 9.17) is 4.42 Å². The van der Waals surface area contributed by atoms with Gasteiger partial charge in [-0.25, -0.2) is 0 Å². The standard InChI is InChI=1S/C16H19NO/c1-2-17-16(15-8-5-11-18-15)14-10-9-12-6-3-4-7-13(12)14/h3-8,11,14,16-17H,2,9-10H2,1H3. The molecule has 2 unspecified atom stereocenters. The molecule has 0 amide bonds. The van der Waals surface area contributed by atoms with Crippen molar-refractivity contribution in [3.05, 3.63) is 59.5 Å². The maximum Gasteiger partial charge on any atom is 0.121 e. The number of nitrogens with one attached hydrogen (secondary N) is 1. The molecule has 1 N–H and O–H groups in total. The van der Waals surface area contributed by atoms with Crippen LogP contribution in [0, 0.1) is 0 Å². The highest BCUT2D eigenvalue weighted by molar-refractivity contribution is 5.37. The summed E-state index contributed by atoms with van der Waals surface area (Å²) < 4.78 is 5.61. The Morgan fingerprint density at radius 2 is 2.17 bits per heavy atom. The zero-order valence-electron chi connectivity index (χ0n) is 10.7. The molecule has 1 aromatic carbocycles. The Kier molecular flexibility index (Phi) is 3.20. The smallest absolute Gasteiger partial charge is 0.121 e. The van der Waals surface area contributed by atoms with Crippen LogP contribution in [0.5, 0.6) is 0 Å². The minimum absolute atomic E-state index is 0.300. The molecule has 2 aromatic rings. The van der Waals surface area contributed by atoms with Crippen molar-refractivity contribution in [3.63, 3.8) is 0 Å². The second-order valence-corrected chi connectivity index (χ2v) is 4.89. The summed E-state index contributed by atoms with van der Waals surface area (Å²) in [5, 5.41) is 3.57. The van der Waals surface area contributed by atoms with Crippen LogP contribution < -0.4 is 5.32 Å². The van der Waals surface area contributed by atoms with Gasteiger partial charge in [-0.3, -0.25) is 0 Å². The average Bonchev–Trinajstić information content (AvgIpc) is 3.06. The first-order valence-corrected chi connectivity index (χ1v) is 6.74. The molecule has 94 valence electrons. The maximum absolute atomic E-state index is 5.61. The molecule has 2 atom stereocenters. The van der Waals surface area contributed by atoms with Crippen LogP contribution in [-0.2, 0) is 6.42 Å². The van der Waals surface area contributed by atoms with E-state index in [2.05, 4.69) is 42.6 Å². The summed E-state index contributed by atoms with van der Waals surface area (Å²) in [6.45, 7) is 3.11. The molecule has 1 heterocycles. The lowest BCUT2D eigenvalue weighted by Crippen LogP contribution is -2.25. The molecule has 18 heavy (non-hydrogen) atoms.